The Morgan fingerprint density at radius 2 is 1.68 bits per heavy atom. The average Bonchev–Trinajstić information content (AvgIpc) is 3.02. The molecule has 1 fully saturated rings. The average molecular weight is 337 g/mol. The molecule has 1 aliphatic rings. The van der Waals surface area contributed by atoms with E-state index < -0.39 is 0 Å². The molecule has 128 valence electrons. The molecule has 2 heterocycles. The van der Waals surface area contributed by atoms with Gasteiger partial charge in [-0.05, 0) is 48.5 Å². The fourth-order valence-electron chi connectivity index (χ4n) is 3.42. The number of aromatic nitrogens is 1. The lowest BCUT2D eigenvalue weighted by molar-refractivity contribution is 0.0747. The molecule has 0 bridgehead atoms. The zero-order chi connectivity index (χ0) is 17.4. The van der Waals surface area contributed by atoms with Crippen molar-refractivity contribution in [3.8, 4) is 0 Å². The number of anilines is 1. The minimum atomic E-state index is -0.228. The summed E-state index contributed by atoms with van der Waals surface area (Å²) in [6.45, 7) is 2.85. The van der Waals surface area contributed by atoms with Crippen LogP contribution in [0.4, 0.5) is 10.1 Å². The first kappa shape index (κ1) is 15.7. The molecule has 4 nitrogen and oxygen atoms in total. The van der Waals surface area contributed by atoms with Crippen molar-refractivity contribution in [2.24, 2.45) is 7.05 Å². The number of carbonyl (C=O) groups excluding carboxylic acids is 1. The maximum atomic E-state index is 13.0. The van der Waals surface area contributed by atoms with E-state index in [0.717, 1.165) is 35.2 Å². The van der Waals surface area contributed by atoms with Gasteiger partial charge in [0.15, 0.2) is 0 Å². The summed E-state index contributed by atoms with van der Waals surface area (Å²) in [4.78, 5) is 16.9. The molecule has 0 aliphatic carbocycles. The molecule has 1 amide bonds. The summed E-state index contributed by atoms with van der Waals surface area (Å²) >= 11 is 0. The molecule has 1 aliphatic heterocycles. The van der Waals surface area contributed by atoms with Crippen LogP contribution in [-0.4, -0.2) is 41.6 Å². The largest absolute Gasteiger partial charge is 0.368 e. The van der Waals surface area contributed by atoms with Gasteiger partial charge in [-0.1, -0.05) is 0 Å². The molecular formula is C20H20FN3O. The van der Waals surface area contributed by atoms with Gasteiger partial charge in [0.1, 0.15) is 5.82 Å². The van der Waals surface area contributed by atoms with E-state index >= 15 is 0 Å². The van der Waals surface area contributed by atoms with Crippen LogP contribution in [0.2, 0.25) is 0 Å². The third-order valence-corrected chi connectivity index (χ3v) is 4.89. The van der Waals surface area contributed by atoms with Crippen molar-refractivity contribution in [1.82, 2.24) is 9.47 Å². The first-order chi connectivity index (χ1) is 12.1. The Hall–Kier alpha value is -2.82. The van der Waals surface area contributed by atoms with Crippen LogP contribution in [0.5, 0.6) is 0 Å². The first-order valence-electron chi connectivity index (χ1n) is 8.47. The minimum Gasteiger partial charge on any atom is -0.368 e. The zero-order valence-corrected chi connectivity index (χ0v) is 14.2. The van der Waals surface area contributed by atoms with E-state index in [0.29, 0.717) is 13.1 Å². The van der Waals surface area contributed by atoms with Gasteiger partial charge in [0.2, 0.25) is 0 Å². The molecule has 4 rings (SSSR count). The maximum Gasteiger partial charge on any atom is 0.253 e. The highest BCUT2D eigenvalue weighted by molar-refractivity contribution is 5.98. The smallest absolute Gasteiger partial charge is 0.253 e. The third kappa shape index (κ3) is 2.97. The summed E-state index contributed by atoms with van der Waals surface area (Å²) in [6, 6.07) is 14.4. The maximum absolute atomic E-state index is 13.0. The van der Waals surface area contributed by atoms with Crippen molar-refractivity contribution in [2.45, 2.75) is 0 Å². The second-order valence-electron chi connectivity index (χ2n) is 6.46. The van der Waals surface area contributed by atoms with Gasteiger partial charge in [-0.15, -0.1) is 0 Å². The molecule has 0 spiro atoms. The summed E-state index contributed by atoms with van der Waals surface area (Å²) in [6.07, 6.45) is 2.00. The molecule has 3 aromatic rings. The van der Waals surface area contributed by atoms with Crippen molar-refractivity contribution in [1.29, 1.82) is 0 Å². The van der Waals surface area contributed by atoms with Crippen LogP contribution in [0.15, 0.2) is 54.7 Å². The number of benzene rings is 2. The lowest BCUT2D eigenvalue weighted by Crippen LogP contribution is -2.48. The Bertz CT molecular complexity index is 908. The fourth-order valence-corrected chi connectivity index (χ4v) is 3.42. The molecule has 0 N–H and O–H groups in total. The summed E-state index contributed by atoms with van der Waals surface area (Å²) in [5.41, 5.74) is 2.85. The van der Waals surface area contributed by atoms with Gasteiger partial charge < -0.3 is 14.4 Å². The highest BCUT2D eigenvalue weighted by Crippen LogP contribution is 2.20. The van der Waals surface area contributed by atoms with Gasteiger partial charge in [0, 0.05) is 61.6 Å². The predicted molar refractivity (Wildman–Crippen MR) is 97.4 cm³/mol. The lowest BCUT2D eigenvalue weighted by Gasteiger charge is -2.36. The fraction of sp³-hybridized carbons (Fsp3) is 0.250. The molecule has 0 saturated carbocycles. The van der Waals surface area contributed by atoms with Crippen LogP contribution >= 0.6 is 0 Å². The van der Waals surface area contributed by atoms with Crippen molar-refractivity contribution in [3.05, 3.63) is 66.1 Å². The highest BCUT2D eigenvalue weighted by atomic mass is 19.1. The standard InChI is InChI=1S/C20H20FN3O/c1-22-9-8-15-14-16(2-7-19(15)22)20(25)24-12-10-23(11-13-24)18-5-3-17(21)4-6-18/h2-9,14H,10-13H2,1H3. The second-order valence-corrected chi connectivity index (χ2v) is 6.46. The minimum absolute atomic E-state index is 0.0736. The monoisotopic (exact) mass is 337 g/mol. The third-order valence-electron chi connectivity index (χ3n) is 4.89. The summed E-state index contributed by atoms with van der Waals surface area (Å²) in [7, 11) is 2.00. The van der Waals surface area contributed by atoms with Crippen LogP contribution in [0.1, 0.15) is 10.4 Å². The number of aryl methyl sites for hydroxylation is 1. The molecule has 5 heteroatoms. The number of piperazine rings is 1. The summed E-state index contributed by atoms with van der Waals surface area (Å²) in [5, 5.41) is 1.08. The molecule has 0 radical (unpaired) electrons. The number of hydrogen-bond donors (Lipinski definition) is 0. The van der Waals surface area contributed by atoms with Crippen LogP contribution in [0.3, 0.4) is 0 Å². The Labute approximate surface area is 146 Å². The molecule has 0 atom stereocenters. The number of hydrogen-bond acceptors (Lipinski definition) is 2. The van der Waals surface area contributed by atoms with E-state index in [1.54, 1.807) is 12.1 Å². The molecule has 0 unspecified atom stereocenters. The number of nitrogens with zero attached hydrogens (tertiary/aromatic N) is 3. The van der Waals surface area contributed by atoms with Gasteiger partial charge >= 0.3 is 0 Å². The molecule has 1 saturated heterocycles. The van der Waals surface area contributed by atoms with Crippen molar-refractivity contribution < 1.29 is 9.18 Å². The second kappa shape index (κ2) is 6.24. The number of rotatable bonds is 2. The van der Waals surface area contributed by atoms with Crippen LogP contribution < -0.4 is 4.90 Å². The highest BCUT2D eigenvalue weighted by Gasteiger charge is 2.22. The van der Waals surface area contributed by atoms with Gasteiger partial charge in [0.05, 0.1) is 0 Å². The number of fused-ring (bicyclic) bond motifs is 1. The molecule has 25 heavy (non-hydrogen) atoms. The molecule has 2 aromatic carbocycles. The Balaban J connectivity index is 1.45. The van der Waals surface area contributed by atoms with Gasteiger partial charge in [-0.2, -0.15) is 0 Å². The number of carbonyl (C=O) groups is 1. The number of amides is 1. The van der Waals surface area contributed by atoms with E-state index in [2.05, 4.69) is 4.90 Å². The first-order valence-corrected chi connectivity index (χ1v) is 8.47. The Kier molecular flexibility index (Phi) is 3.92. The van der Waals surface area contributed by atoms with E-state index in [9.17, 15) is 9.18 Å². The van der Waals surface area contributed by atoms with Gasteiger partial charge in [-0.3, -0.25) is 4.79 Å². The van der Waals surface area contributed by atoms with Crippen LogP contribution in [-0.2, 0) is 7.05 Å². The van der Waals surface area contributed by atoms with Crippen LogP contribution in [0, 0.1) is 5.82 Å². The molecule has 1 aromatic heterocycles. The van der Waals surface area contributed by atoms with Crippen molar-refractivity contribution in [2.75, 3.05) is 31.1 Å². The number of halogens is 1. The summed E-state index contributed by atoms with van der Waals surface area (Å²) in [5.74, 6) is -0.154. The van der Waals surface area contributed by atoms with Crippen molar-refractivity contribution >= 4 is 22.5 Å². The van der Waals surface area contributed by atoms with E-state index in [4.69, 9.17) is 0 Å². The SMILES string of the molecule is Cn1ccc2cc(C(=O)N3CCN(c4ccc(F)cc4)CC3)ccc21. The van der Waals surface area contributed by atoms with E-state index in [-0.39, 0.29) is 11.7 Å². The van der Waals surface area contributed by atoms with E-state index in [1.165, 1.54) is 12.1 Å². The predicted octanol–water partition coefficient (Wildman–Crippen LogP) is 3.28. The van der Waals surface area contributed by atoms with Gasteiger partial charge in [0.25, 0.3) is 5.91 Å². The van der Waals surface area contributed by atoms with Crippen LogP contribution in [0.25, 0.3) is 10.9 Å². The quantitative estimate of drug-likeness (QED) is 0.718. The topological polar surface area (TPSA) is 28.5 Å². The normalized spacial score (nSPS) is 15.0. The summed E-state index contributed by atoms with van der Waals surface area (Å²) < 4.78 is 15.1. The molecular weight excluding hydrogens is 317 g/mol. The lowest BCUT2D eigenvalue weighted by atomic mass is 10.1. The van der Waals surface area contributed by atoms with Gasteiger partial charge in [-0.25, -0.2) is 4.39 Å². The Morgan fingerprint density at radius 3 is 2.40 bits per heavy atom. The van der Waals surface area contributed by atoms with E-state index in [1.807, 2.05) is 47.0 Å². The zero-order valence-electron chi connectivity index (χ0n) is 14.2. The Morgan fingerprint density at radius 1 is 0.960 bits per heavy atom. The van der Waals surface area contributed by atoms with Crippen molar-refractivity contribution in [3.63, 3.8) is 0 Å².